The van der Waals surface area contributed by atoms with Gasteiger partial charge in [-0.15, -0.1) is 11.3 Å². The molecule has 8 heteroatoms. The van der Waals surface area contributed by atoms with Crippen LogP contribution in [0, 0.1) is 0 Å². The molecule has 0 aliphatic carbocycles. The molecule has 0 radical (unpaired) electrons. The van der Waals surface area contributed by atoms with Gasteiger partial charge in [-0.1, -0.05) is 72.3 Å². The number of nitrogens with zero attached hydrogens (tertiary/aromatic N) is 3. The van der Waals surface area contributed by atoms with Gasteiger partial charge in [0.1, 0.15) is 6.04 Å². The van der Waals surface area contributed by atoms with Gasteiger partial charge < -0.3 is 14.9 Å². The molecule has 6 nitrogen and oxygen atoms in total. The zero-order valence-corrected chi connectivity index (χ0v) is 21.7. The van der Waals surface area contributed by atoms with Crippen molar-refractivity contribution in [1.29, 1.82) is 0 Å². The minimum atomic E-state index is -0.946. The summed E-state index contributed by atoms with van der Waals surface area (Å²) in [5, 5.41) is 13.0. The number of aliphatic carboxylic acids is 1. The van der Waals surface area contributed by atoms with E-state index in [2.05, 4.69) is 17.0 Å². The molecule has 2 heterocycles. The van der Waals surface area contributed by atoms with Crippen molar-refractivity contribution < 1.29 is 14.7 Å². The summed E-state index contributed by atoms with van der Waals surface area (Å²) >= 11 is 7.98. The predicted molar refractivity (Wildman–Crippen MR) is 147 cm³/mol. The van der Waals surface area contributed by atoms with Crippen molar-refractivity contribution in [3.63, 3.8) is 0 Å². The maximum absolute atomic E-state index is 13.0. The van der Waals surface area contributed by atoms with Crippen molar-refractivity contribution >= 4 is 39.9 Å². The molecule has 1 saturated heterocycles. The van der Waals surface area contributed by atoms with E-state index >= 15 is 0 Å². The first-order valence-electron chi connectivity index (χ1n) is 12.1. The monoisotopic (exact) mass is 531 g/mol. The normalized spacial score (nSPS) is 15.1. The average molecular weight is 532 g/mol. The van der Waals surface area contributed by atoms with Crippen LogP contribution in [0.5, 0.6) is 0 Å². The van der Waals surface area contributed by atoms with E-state index in [-0.39, 0.29) is 5.91 Å². The maximum atomic E-state index is 13.0. The third-order valence-corrected chi connectivity index (χ3v) is 7.73. The summed E-state index contributed by atoms with van der Waals surface area (Å²) in [6.07, 6.45) is 1.21. The van der Waals surface area contributed by atoms with Crippen molar-refractivity contribution in [2.75, 3.05) is 11.4 Å². The maximum Gasteiger partial charge on any atom is 0.326 e. The van der Waals surface area contributed by atoms with Gasteiger partial charge in [-0.05, 0) is 42.2 Å². The number of anilines is 1. The predicted octanol–water partition coefficient (Wildman–Crippen LogP) is 6.36. The van der Waals surface area contributed by atoms with E-state index in [0.717, 1.165) is 27.5 Å². The highest BCUT2D eigenvalue weighted by molar-refractivity contribution is 7.14. The minimum Gasteiger partial charge on any atom is -0.480 e. The fraction of sp³-hybridized carbons (Fsp3) is 0.207. The molecule has 4 aromatic rings. The molecule has 37 heavy (non-hydrogen) atoms. The molecular weight excluding hydrogens is 506 g/mol. The molecule has 1 aliphatic rings. The van der Waals surface area contributed by atoms with Crippen LogP contribution in [-0.2, 0) is 17.9 Å². The van der Waals surface area contributed by atoms with Crippen molar-refractivity contribution in [3.05, 3.63) is 106 Å². The van der Waals surface area contributed by atoms with Crippen LogP contribution < -0.4 is 4.90 Å². The summed E-state index contributed by atoms with van der Waals surface area (Å²) in [5.74, 6) is -1.18. The highest BCUT2D eigenvalue weighted by Gasteiger charge is 2.34. The van der Waals surface area contributed by atoms with E-state index in [1.165, 1.54) is 4.90 Å². The quantitative estimate of drug-likeness (QED) is 0.286. The zero-order chi connectivity index (χ0) is 25.8. The number of carboxylic acid groups (broad SMARTS) is 1. The molecule has 1 aromatic heterocycles. The zero-order valence-electron chi connectivity index (χ0n) is 20.1. The van der Waals surface area contributed by atoms with Crippen molar-refractivity contribution in [2.45, 2.75) is 32.0 Å². The Morgan fingerprint density at radius 3 is 2.35 bits per heavy atom. The molecule has 1 unspecified atom stereocenters. The third kappa shape index (κ3) is 5.68. The summed E-state index contributed by atoms with van der Waals surface area (Å²) in [6.45, 7) is 1.74. The Morgan fingerprint density at radius 1 is 0.973 bits per heavy atom. The van der Waals surface area contributed by atoms with Gasteiger partial charge in [-0.3, -0.25) is 4.79 Å². The lowest BCUT2D eigenvalue weighted by molar-refractivity contribution is -0.141. The molecular formula is C29H26ClN3O3S. The largest absolute Gasteiger partial charge is 0.480 e. The molecule has 3 aromatic carbocycles. The highest BCUT2D eigenvalue weighted by atomic mass is 35.5. The number of aromatic nitrogens is 1. The van der Waals surface area contributed by atoms with Crippen LogP contribution in [0.4, 0.5) is 5.13 Å². The van der Waals surface area contributed by atoms with E-state index < -0.39 is 12.0 Å². The highest BCUT2D eigenvalue weighted by Crippen LogP contribution is 2.33. The second-order valence-corrected chi connectivity index (χ2v) is 10.3. The number of thiazole rings is 1. The fourth-order valence-electron chi connectivity index (χ4n) is 4.60. The fourth-order valence-corrected chi connectivity index (χ4v) is 5.66. The van der Waals surface area contributed by atoms with Crippen LogP contribution in [0.1, 0.15) is 34.3 Å². The lowest BCUT2D eigenvalue weighted by Gasteiger charge is -2.23. The van der Waals surface area contributed by atoms with Gasteiger partial charge in [0, 0.05) is 41.2 Å². The Labute approximate surface area is 224 Å². The number of amides is 1. The first-order chi connectivity index (χ1) is 18.0. The summed E-state index contributed by atoms with van der Waals surface area (Å²) in [6, 6.07) is 24.6. The number of carboxylic acids is 1. The van der Waals surface area contributed by atoms with Gasteiger partial charge in [0.2, 0.25) is 0 Å². The molecule has 0 bridgehead atoms. The van der Waals surface area contributed by atoms with Gasteiger partial charge >= 0.3 is 5.97 Å². The molecule has 1 amide bonds. The summed E-state index contributed by atoms with van der Waals surface area (Å²) in [4.78, 5) is 33.0. The number of carbonyl (C=O) groups excluding carboxylic acids is 1. The van der Waals surface area contributed by atoms with E-state index in [9.17, 15) is 14.7 Å². The first kappa shape index (κ1) is 25.0. The third-order valence-electron chi connectivity index (χ3n) is 6.50. The van der Waals surface area contributed by atoms with Crippen LogP contribution in [0.25, 0.3) is 11.3 Å². The summed E-state index contributed by atoms with van der Waals surface area (Å²) < 4.78 is 0. The van der Waals surface area contributed by atoms with Crippen molar-refractivity contribution in [2.24, 2.45) is 0 Å². The van der Waals surface area contributed by atoms with Crippen LogP contribution in [0.2, 0.25) is 5.02 Å². The first-order valence-corrected chi connectivity index (χ1v) is 13.4. The minimum absolute atomic E-state index is 0.234. The number of likely N-dealkylation sites (tertiary alicyclic amines) is 1. The van der Waals surface area contributed by atoms with E-state index in [1.807, 2.05) is 60.0 Å². The number of halogens is 1. The Balaban J connectivity index is 1.37. The molecule has 0 spiro atoms. The molecule has 1 aliphatic heterocycles. The SMILES string of the molecule is O=C(O)C1CCCN1C(=O)c1ccc(CN(Cc2ccccc2)c2nc(-c3ccccc3Cl)cs2)cc1. The van der Waals surface area contributed by atoms with Crippen LogP contribution >= 0.6 is 22.9 Å². The molecule has 188 valence electrons. The molecule has 1 N–H and O–H groups in total. The number of benzene rings is 3. The lowest BCUT2D eigenvalue weighted by atomic mass is 10.1. The Hall–Kier alpha value is -3.68. The van der Waals surface area contributed by atoms with Gasteiger partial charge in [-0.25, -0.2) is 9.78 Å². The average Bonchev–Trinajstić information content (AvgIpc) is 3.60. The van der Waals surface area contributed by atoms with Crippen molar-refractivity contribution in [3.8, 4) is 11.3 Å². The van der Waals surface area contributed by atoms with Gasteiger partial charge in [0.25, 0.3) is 5.91 Å². The Kier molecular flexibility index (Phi) is 7.53. The Bertz CT molecular complexity index is 1390. The van der Waals surface area contributed by atoms with Crippen LogP contribution in [0.15, 0.2) is 84.2 Å². The smallest absolute Gasteiger partial charge is 0.326 e. The van der Waals surface area contributed by atoms with Crippen LogP contribution in [0.3, 0.4) is 0 Å². The lowest BCUT2D eigenvalue weighted by Crippen LogP contribution is -2.40. The van der Waals surface area contributed by atoms with Gasteiger partial charge in [0.05, 0.1) is 5.69 Å². The standard InChI is InChI=1S/C29H26ClN3O3S/c30-24-10-5-4-9-23(24)25-19-37-29(31-25)32(17-20-7-2-1-3-8-20)18-21-12-14-22(15-13-21)27(34)33-16-6-11-26(33)28(35)36/h1-5,7-10,12-15,19,26H,6,11,16-18H2,(H,35,36). The van der Waals surface area contributed by atoms with E-state index in [1.54, 1.807) is 23.5 Å². The Morgan fingerprint density at radius 2 is 1.65 bits per heavy atom. The second-order valence-electron chi connectivity index (χ2n) is 9.03. The topological polar surface area (TPSA) is 73.7 Å². The van der Waals surface area contributed by atoms with Gasteiger partial charge in [-0.2, -0.15) is 0 Å². The number of carbonyl (C=O) groups is 2. The van der Waals surface area contributed by atoms with E-state index in [4.69, 9.17) is 16.6 Å². The number of hydrogen-bond donors (Lipinski definition) is 1. The number of hydrogen-bond acceptors (Lipinski definition) is 5. The second kappa shape index (κ2) is 11.2. The molecule has 5 rings (SSSR count). The molecule has 1 fully saturated rings. The van der Waals surface area contributed by atoms with E-state index in [0.29, 0.717) is 43.1 Å². The van der Waals surface area contributed by atoms with Crippen molar-refractivity contribution in [1.82, 2.24) is 9.88 Å². The number of rotatable bonds is 8. The summed E-state index contributed by atoms with van der Waals surface area (Å²) in [5.41, 5.74) is 4.43. The van der Waals surface area contributed by atoms with Gasteiger partial charge in [0.15, 0.2) is 5.13 Å². The molecule has 1 atom stereocenters. The molecule has 0 saturated carbocycles. The summed E-state index contributed by atoms with van der Waals surface area (Å²) in [7, 11) is 0. The van der Waals surface area contributed by atoms with Crippen LogP contribution in [-0.4, -0.2) is 39.5 Å².